The first-order valence-electron chi connectivity index (χ1n) is 5.07. The standard InChI is InChI=1S/C10H15ClN2O4S.ClH/c1-16-8-5-7(11)10(6-9(8)17-2)18(14,15)13-4-3-12;/h5-6,13H,3-4,12H2,1-2H3;1H. The summed E-state index contributed by atoms with van der Waals surface area (Å²) in [6.45, 7) is 0.331. The van der Waals surface area contributed by atoms with Gasteiger partial charge in [-0.15, -0.1) is 12.4 Å². The van der Waals surface area contributed by atoms with Gasteiger partial charge in [-0.05, 0) is 0 Å². The molecular formula is C10H16Cl2N2O4S. The maximum Gasteiger partial charge on any atom is 0.242 e. The van der Waals surface area contributed by atoms with Crippen molar-refractivity contribution in [2.45, 2.75) is 4.90 Å². The van der Waals surface area contributed by atoms with Gasteiger partial charge < -0.3 is 15.2 Å². The van der Waals surface area contributed by atoms with Crippen LogP contribution in [0.5, 0.6) is 11.5 Å². The third-order valence-electron chi connectivity index (χ3n) is 2.16. The quantitative estimate of drug-likeness (QED) is 0.812. The van der Waals surface area contributed by atoms with Gasteiger partial charge in [0.15, 0.2) is 11.5 Å². The molecule has 0 unspecified atom stereocenters. The number of nitrogens with one attached hydrogen (secondary N) is 1. The van der Waals surface area contributed by atoms with Crippen molar-refractivity contribution in [2.75, 3.05) is 27.3 Å². The van der Waals surface area contributed by atoms with Crippen LogP contribution in [0.2, 0.25) is 5.02 Å². The van der Waals surface area contributed by atoms with Gasteiger partial charge in [-0.3, -0.25) is 0 Å². The average molecular weight is 331 g/mol. The Bertz CT molecular complexity index is 523. The third kappa shape index (κ3) is 4.39. The number of halogens is 2. The average Bonchev–Trinajstić information content (AvgIpc) is 2.35. The first-order valence-corrected chi connectivity index (χ1v) is 6.93. The molecule has 0 aliphatic carbocycles. The van der Waals surface area contributed by atoms with E-state index in [0.717, 1.165) is 0 Å². The highest BCUT2D eigenvalue weighted by Gasteiger charge is 2.20. The summed E-state index contributed by atoms with van der Waals surface area (Å²) < 4.78 is 36.2. The Morgan fingerprint density at radius 2 is 1.79 bits per heavy atom. The molecule has 1 rings (SSSR count). The van der Waals surface area contributed by atoms with Crippen LogP contribution >= 0.6 is 24.0 Å². The fourth-order valence-corrected chi connectivity index (χ4v) is 2.89. The predicted molar refractivity (Wildman–Crippen MR) is 76.0 cm³/mol. The van der Waals surface area contributed by atoms with Crippen LogP contribution in [-0.4, -0.2) is 35.7 Å². The molecule has 110 valence electrons. The van der Waals surface area contributed by atoms with E-state index in [0.29, 0.717) is 5.75 Å². The van der Waals surface area contributed by atoms with E-state index in [-0.39, 0.29) is 41.2 Å². The number of hydrogen-bond donors (Lipinski definition) is 2. The molecule has 0 aliphatic rings. The molecular weight excluding hydrogens is 315 g/mol. The number of nitrogens with two attached hydrogens (primary N) is 1. The van der Waals surface area contributed by atoms with Gasteiger partial charge in [-0.2, -0.15) is 0 Å². The minimum Gasteiger partial charge on any atom is -0.493 e. The van der Waals surface area contributed by atoms with Gasteiger partial charge in [0.05, 0.1) is 19.2 Å². The van der Waals surface area contributed by atoms with Gasteiger partial charge in [-0.25, -0.2) is 13.1 Å². The molecule has 0 heterocycles. The topological polar surface area (TPSA) is 90.7 Å². The largest absolute Gasteiger partial charge is 0.493 e. The van der Waals surface area contributed by atoms with Crippen molar-refractivity contribution < 1.29 is 17.9 Å². The molecule has 0 aliphatic heterocycles. The first kappa shape index (κ1) is 18.3. The van der Waals surface area contributed by atoms with E-state index < -0.39 is 10.0 Å². The van der Waals surface area contributed by atoms with Crippen molar-refractivity contribution >= 4 is 34.0 Å². The Kier molecular flexibility index (Phi) is 7.46. The van der Waals surface area contributed by atoms with Crippen LogP contribution in [0.3, 0.4) is 0 Å². The molecule has 1 aromatic carbocycles. The first-order chi connectivity index (χ1) is 8.46. The van der Waals surface area contributed by atoms with Crippen molar-refractivity contribution in [3.05, 3.63) is 17.2 Å². The summed E-state index contributed by atoms with van der Waals surface area (Å²) in [5, 5.41) is 0.0529. The molecule has 0 amide bonds. The van der Waals surface area contributed by atoms with E-state index in [1.165, 1.54) is 26.4 Å². The Balaban J connectivity index is 0.00000324. The summed E-state index contributed by atoms with van der Waals surface area (Å²) in [5.74, 6) is 0.648. The molecule has 1 aromatic rings. The lowest BCUT2D eigenvalue weighted by molar-refractivity contribution is 0.354. The zero-order valence-corrected chi connectivity index (χ0v) is 12.9. The van der Waals surface area contributed by atoms with Crippen LogP contribution in [0.1, 0.15) is 0 Å². The van der Waals surface area contributed by atoms with Gasteiger partial charge in [0.2, 0.25) is 10.0 Å². The second-order valence-electron chi connectivity index (χ2n) is 3.32. The summed E-state index contributed by atoms with van der Waals surface area (Å²) >= 11 is 5.91. The Morgan fingerprint density at radius 1 is 1.26 bits per heavy atom. The number of sulfonamides is 1. The highest BCUT2D eigenvalue weighted by atomic mass is 35.5. The van der Waals surface area contributed by atoms with Gasteiger partial charge in [0.25, 0.3) is 0 Å². The van der Waals surface area contributed by atoms with E-state index >= 15 is 0 Å². The molecule has 9 heteroatoms. The van der Waals surface area contributed by atoms with Crippen molar-refractivity contribution in [2.24, 2.45) is 5.73 Å². The lowest BCUT2D eigenvalue weighted by atomic mass is 10.3. The summed E-state index contributed by atoms with van der Waals surface area (Å²) in [6.07, 6.45) is 0. The zero-order chi connectivity index (χ0) is 13.8. The second-order valence-corrected chi connectivity index (χ2v) is 5.47. The van der Waals surface area contributed by atoms with E-state index in [1.54, 1.807) is 0 Å². The number of methoxy groups -OCH3 is 2. The third-order valence-corrected chi connectivity index (χ3v) is 4.09. The molecule has 0 saturated carbocycles. The molecule has 3 N–H and O–H groups in total. The molecule has 19 heavy (non-hydrogen) atoms. The molecule has 0 fully saturated rings. The van der Waals surface area contributed by atoms with Crippen molar-refractivity contribution in [3.8, 4) is 11.5 Å². The molecule has 0 aromatic heterocycles. The highest BCUT2D eigenvalue weighted by Crippen LogP contribution is 2.35. The minimum absolute atomic E-state index is 0. The maximum atomic E-state index is 11.9. The number of hydrogen-bond acceptors (Lipinski definition) is 5. The van der Waals surface area contributed by atoms with Gasteiger partial charge in [0, 0.05) is 25.2 Å². The summed E-state index contributed by atoms with van der Waals surface area (Å²) in [7, 11) is -0.856. The lowest BCUT2D eigenvalue weighted by Crippen LogP contribution is -2.29. The number of ether oxygens (including phenoxy) is 2. The van der Waals surface area contributed by atoms with Crippen molar-refractivity contribution in [1.82, 2.24) is 4.72 Å². The Morgan fingerprint density at radius 3 is 2.26 bits per heavy atom. The van der Waals surface area contributed by atoms with E-state index in [9.17, 15) is 8.42 Å². The van der Waals surface area contributed by atoms with Crippen LogP contribution in [-0.2, 0) is 10.0 Å². The Labute approximate surface area is 123 Å². The van der Waals surface area contributed by atoms with E-state index in [1.807, 2.05) is 0 Å². The smallest absolute Gasteiger partial charge is 0.242 e. The summed E-state index contributed by atoms with van der Waals surface area (Å²) in [6, 6.07) is 2.69. The molecule has 0 bridgehead atoms. The number of rotatable bonds is 6. The highest BCUT2D eigenvalue weighted by molar-refractivity contribution is 7.89. The fourth-order valence-electron chi connectivity index (χ4n) is 1.31. The van der Waals surface area contributed by atoms with Crippen LogP contribution < -0.4 is 19.9 Å². The van der Waals surface area contributed by atoms with Gasteiger partial charge in [0.1, 0.15) is 4.90 Å². The van der Waals surface area contributed by atoms with Crippen molar-refractivity contribution in [1.29, 1.82) is 0 Å². The molecule has 0 radical (unpaired) electrons. The van der Waals surface area contributed by atoms with Crippen molar-refractivity contribution in [3.63, 3.8) is 0 Å². The zero-order valence-electron chi connectivity index (χ0n) is 10.5. The normalized spacial score (nSPS) is 10.7. The second kappa shape index (κ2) is 7.76. The minimum atomic E-state index is -3.71. The number of benzene rings is 1. The fraction of sp³-hybridized carbons (Fsp3) is 0.400. The van der Waals surface area contributed by atoms with Gasteiger partial charge >= 0.3 is 0 Å². The van der Waals surface area contributed by atoms with Gasteiger partial charge in [-0.1, -0.05) is 11.6 Å². The maximum absolute atomic E-state index is 11.9. The summed E-state index contributed by atoms with van der Waals surface area (Å²) in [5.41, 5.74) is 5.25. The monoisotopic (exact) mass is 330 g/mol. The molecule has 0 spiro atoms. The van der Waals surface area contributed by atoms with Crippen LogP contribution in [0, 0.1) is 0 Å². The van der Waals surface area contributed by atoms with Crippen LogP contribution in [0.25, 0.3) is 0 Å². The van der Waals surface area contributed by atoms with Crippen LogP contribution in [0.15, 0.2) is 17.0 Å². The predicted octanol–water partition coefficient (Wildman–Crippen LogP) is 1.02. The summed E-state index contributed by atoms with van der Waals surface area (Å²) in [4.78, 5) is -0.0738. The SMILES string of the molecule is COc1cc(Cl)c(S(=O)(=O)NCCN)cc1OC.Cl. The molecule has 6 nitrogen and oxygen atoms in total. The lowest BCUT2D eigenvalue weighted by Gasteiger charge is -2.12. The molecule has 0 saturated heterocycles. The van der Waals surface area contributed by atoms with E-state index in [4.69, 9.17) is 26.8 Å². The van der Waals surface area contributed by atoms with E-state index in [2.05, 4.69) is 4.72 Å². The Hall–Kier alpha value is -0.730. The molecule has 0 atom stereocenters. The van der Waals surface area contributed by atoms with Crippen LogP contribution in [0.4, 0.5) is 0 Å².